The van der Waals surface area contributed by atoms with Crippen LogP contribution in [-0.2, 0) is 4.79 Å². The molecule has 3 N–H and O–H groups in total. The molecule has 1 amide bonds. The molecule has 106 valence electrons. The molecule has 4 nitrogen and oxygen atoms in total. The number of nitrogens with one attached hydrogen (secondary N) is 1. The summed E-state index contributed by atoms with van der Waals surface area (Å²) in [6.07, 6.45) is 4.50. The van der Waals surface area contributed by atoms with Gasteiger partial charge >= 0.3 is 0 Å². The topological polar surface area (TPSA) is 58.4 Å². The first-order chi connectivity index (χ1) is 8.54. The number of likely N-dealkylation sites (tertiary alicyclic amines) is 1. The van der Waals surface area contributed by atoms with Crippen molar-refractivity contribution in [2.45, 2.75) is 58.5 Å². The van der Waals surface area contributed by atoms with E-state index in [1.165, 1.54) is 19.3 Å². The van der Waals surface area contributed by atoms with Gasteiger partial charge in [0.15, 0.2) is 0 Å². The number of carbonyl (C=O) groups excluding carboxylic acids is 1. The van der Waals surface area contributed by atoms with Crippen LogP contribution in [0.5, 0.6) is 0 Å². The normalized spacial score (nSPS) is 23.1. The lowest BCUT2D eigenvalue weighted by atomic mass is 10.0. The maximum atomic E-state index is 11.9. The molecule has 0 aliphatic carbocycles. The fourth-order valence-corrected chi connectivity index (χ4v) is 2.67. The van der Waals surface area contributed by atoms with Gasteiger partial charge in [0.05, 0.1) is 6.04 Å². The second-order valence-electron chi connectivity index (χ2n) is 5.76. The van der Waals surface area contributed by atoms with Crippen molar-refractivity contribution in [2.24, 2.45) is 11.7 Å². The molecule has 1 rings (SSSR count). The SMILES string of the molecule is CCN1CCCCC1CNC(=O)[C@@H](N)CC(C)C. The number of nitrogens with two attached hydrogens (primary N) is 1. The van der Waals surface area contributed by atoms with Gasteiger partial charge in [0, 0.05) is 12.6 Å². The molecule has 0 saturated carbocycles. The van der Waals surface area contributed by atoms with Gasteiger partial charge in [-0.1, -0.05) is 27.2 Å². The molecule has 1 unspecified atom stereocenters. The first-order valence-corrected chi connectivity index (χ1v) is 7.32. The highest BCUT2D eigenvalue weighted by molar-refractivity contribution is 5.81. The Morgan fingerprint density at radius 3 is 2.78 bits per heavy atom. The summed E-state index contributed by atoms with van der Waals surface area (Å²) in [6, 6.07) is 0.141. The lowest BCUT2D eigenvalue weighted by molar-refractivity contribution is -0.123. The number of nitrogens with zero attached hydrogens (tertiary/aromatic N) is 1. The second-order valence-corrected chi connectivity index (χ2v) is 5.76. The Bertz CT molecular complexity index is 255. The van der Waals surface area contributed by atoms with Crippen LogP contribution in [0.15, 0.2) is 0 Å². The molecule has 2 atom stereocenters. The van der Waals surface area contributed by atoms with E-state index in [0.717, 1.165) is 26.1 Å². The number of hydrogen-bond donors (Lipinski definition) is 2. The molecular formula is C14H29N3O. The quantitative estimate of drug-likeness (QED) is 0.753. The molecule has 0 aromatic rings. The Balaban J connectivity index is 2.32. The summed E-state index contributed by atoms with van der Waals surface area (Å²) in [5.74, 6) is 0.470. The minimum absolute atomic E-state index is 0.00493. The van der Waals surface area contributed by atoms with E-state index in [-0.39, 0.29) is 11.9 Å². The lowest BCUT2D eigenvalue weighted by Crippen LogP contribution is -2.49. The maximum absolute atomic E-state index is 11.9. The minimum atomic E-state index is -0.358. The molecule has 1 fully saturated rings. The van der Waals surface area contributed by atoms with Crippen molar-refractivity contribution in [3.05, 3.63) is 0 Å². The third-order valence-corrected chi connectivity index (χ3v) is 3.73. The Labute approximate surface area is 111 Å². The number of rotatable bonds is 6. The fourth-order valence-electron chi connectivity index (χ4n) is 2.67. The summed E-state index contributed by atoms with van der Waals surface area (Å²) < 4.78 is 0. The largest absolute Gasteiger partial charge is 0.353 e. The van der Waals surface area contributed by atoms with Crippen LogP contribution in [0.2, 0.25) is 0 Å². The first kappa shape index (κ1) is 15.4. The van der Waals surface area contributed by atoms with Gasteiger partial charge in [-0.05, 0) is 38.3 Å². The van der Waals surface area contributed by atoms with Crippen molar-refractivity contribution in [3.63, 3.8) is 0 Å². The minimum Gasteiger partial charge on any atom is -0.353 e. The van der Waals surface area contributed by atoms with E-state index >= 15 is 0 Å². The lowest BCUT2D eigenvalue weighted by Gasteiger charge is -2.35. The zero-order valence-corrected chi connectivity index (χ0v) is 12.1. The van der Waals surface area contributed by atoms with Crippen molar-refractivity contribution in [1.82, 2.24) is 10.2 Å². The fraction of sp³-hybridized carbons (Fsp3) is 0.929. The average molecular weight is 255 g/mol. The van der Waals surface area contributed by atoms with E-state index in [0.29, 0.717) is 12.0 Å². The van der Waals surface area contributed by atoms with Crippen LogP contribution in [0, 0.1) is 5.92 Å². The Morgan fingerprint density at radius 1 is 1.44 bits per heavy atom. The van der Waals surface area contributed by atoms with E-state index in [1.807, 2.05) is 0 Å². The predicted octanol–water partition coefficient (Wildman–Crippen LogP) is 1.35. The van der Waals surface area contributed by atoms with Gasteiger partial charge < -0.3 is 11.1 Å². The third kappa shape index (κ3) is 4.94. The molecule has 1 aliphatic heterocycles. The van der Waals surface area contributed by atoms with Crippen molar-refractivity contribution in [3.8, 4) is 0 Å². The monoisotopic (exact) mass is 255 g/mol. The van der Waals surface area contributed by atoms with Crippen LogP contribution < -0.4 is 11.1 Å². The summed E-state index contributed by atoms with van der Waals surface area (Å²) in [5, 5.41) is 3.02. The van der Waals surface area contributed by atoms with Gasteiger partial charge in [0.2, 0.25) is 5.91 Å². The van der Waals surface area contributed by atoms with Gasteiger partial charge in [0.1, 0.15) is 0 Å². The molecule has 0 radical (unpaired) electrons. The zero-order valence-electron chi connectivity index (χ0n) is 12.1. The highest BCUT2D eigenvalue weighted by Gasteiger charge is 2.22. The van der Waals surface area contributed by atoms with Crippen molar-refractivity contribution < 1.29 is 4.79 Å². The number of likely N-dealkylation sites (N-methyl/N-ethyl adjacent to an activating group) is 1. The summed E-state index contributed by atoms with van der Waals surface area (Å²) in [6.45, 7) is 9.34. The number of piperidine rings is 1. The molecule has 0 aromatic carbocycles. The van der Waals surface area contributed by atoms with Crippen LogP contribution in [0.3, 0.4) is 0 Å². The van der Waals surface area contributed by atoms with Crippen LogP contribution in [-0.4, -0.2) is 42.5 Å². The van der Waals surface area contributed by atoms with E-state index in [9.17, 15) is 4.79 Å². The van der Waals surface area contributed by atoms with E-state index in [4.69, 9.17) is 5.73 Å². The van der Waals surface area contributed by atoms with E-state index in [1.54, 1.807) is 0 Å². The third-order valence-electron chi connectivity index (χ3n) is 3.73. The van der Waals surface area contributed by atoms with Crippen molar-refractivity contribution in [2.75, 3.05) is 19.6 Å². The summed E-state index contributed by atoms with van der Waals surface area (Å²) in [4.78, 5) is 14.3. The molecule has 1 aliphatic rings. The summed E-state index contributed by atoms with van der Waals surface area (Å²) >= 11 is 0. The average Bonchev–Trinajstić information content (AvgIpc) is 2.35. The number of hydrogen-bond acceptors (Lipinski definition) is 3. The van der Waals surface area contributed by atoms with E-state index in [2.05, 4.69) is 31.0 Å². The number of amides is 1. The van der Waals surface area contributed by atoms with Gasteiger partial charge in [-0.2, -0.15) is 0 Å². The Morgan fingerprint density at radius 2 is 2.17 bits per heavy atom. The second kappa shape index (κ2) is 7.74. The number of carbonyl (C=O) groups is 1. The van der Waals surface area contributed by atoms with E-state index < -0.39 is 0 Å². The van der Waals surface area contributed by atoms with Crippen LogP contribution >= 0.6 is 0 Å². The molecule has 0 spiro atoms. The Hall–Kier alpha value is -0.610. The summed E-state index contributed by atoms with van der Waals surface area (Å²) in [5.41, 5.74) is 5.88. The molecule has 0 bridgehead atoms. The molecular weight excluding hydrogens is 226 g/mol. The standard InChI is InChI=1S/C14H29N3O/c1-4-17-8-6-5-7-12(17)10-16-14(18)13(15)9-11(2)3/h11-13H,4-10,15H2,1-3H3,(H,16,18)/t12?,13-/m0/s1. The van der Waals surface area contributed by atoms with Crippen LogP contribution in [0.4, 0.5) is 0 Å². The smallest absolute Gasteiger partial charge is 0.236 e. The molecule has 1 saturated heterocycles. The Kier molecular flexibility index (Phi) is 6.65. The van der Waals surface area contributed by atoms with Gasteiger partial charge in [-0.25, -0.2) is 0 Å². The highest BCUT2D eigenvalue weighted by Crippen LogP contribution is 2.15. The maximum Gasteiger partial charge on any atom is 0.236 e. The van der Waals surface area contributed by atoms with Gasteiger partial charge in [0.25, 0.3) is 0 Å². The zero-order chi connectivity index (χ0) is 13.5. The summed E-state index contributed by atoms with van der Waals surface area (Å²) in [7, 11) is 0. The molecule has 18 heavy (non-hydrogen) atoms. The molecule has 1 heterocycles. The van der Waals surface area contributed by atoms with Crippen molar-refractivity contribution >= 4 is 5.91 Å². The van der Waals surface area contributed by atoms with Crippen LogP contribution in [0.25, 0.3) is 0 Å². The molecule has 0 aromatic heterocycles. The highest BCUT2D eigenvalue weighted by atomic mass is 16.2. The van der Waals surface area contributed by atoms with Gasteiger partial charge in [-0.3, -0.25) is 9.69 Å². The molecule has 4 heteroatoms. The predicted molar refractivity (Wildman–Crippen MR) is 75.3 cm³/mol. The van der Waals surface area contributed by atoms with Crippen molar-refractivity contribution in [1.29, 1.82) is 0 Å². The van der Waals surface area contributed by atoms with Crippen LogP contribution in [0.1, 0.15) is 46.5 Å². The first-order valence-electron chi connectivity index (χ1n) is 7.32. The van der Waals surface area contributed by atoms with Gasteiger partial charge in [-0.15, -0.1) is 0 Å².